The zero-order valence-electron chi connectivity index (χ0n) is 6.72. The van der Waals surface area contributed by atoms with Crippen molar-refractivity contribution in [3.8, 4) is 0 Å². The predicted molar refractivity (Wildman–Crippen MR) is 42.2 cm³/mol. The Morgan fingerprint density at radius 1 is 1.45 bits per heavy atom. The lowest BCUT2D eigenvalue weighted by Crippen LogP contribution is -2.28. The van der Waals surface area contributed by atoms with E-state index in [2.05, 4.69) is 5.32 Å². The van der Waals surface area contributed by atoms with Gasteiger partial charge in [-0.2, -0.15) is 0 Å². The van der Waals surface area contributed by atoms with E-state index in [1.54, 1.807) is 0 Å². The van der Waals surface area contributed by atoms with Gasteiger partial charge in [0, 0.05) is 13.1 Å². The highest BCUT2D eigenvalue weighted by atomic mass is 16.1. The summed E-state index contributed by atoms with van der Waals surface area (Å²) in [7, 11) is 0. The van der Waals surface area contributed by atoms with E-state index in [-0.39, 0.29) is 24.5 Å². The molecule has 0 saturated heterocycles. The molecule has 0 spiro atoms. The number of hydrogen-bond acceptors (Lipinski definition) is 4. The van der Waals surface area contributed by atoms with E-state index < -0.39 is 0 Å². The van der Waals surface area contributed by atoms with Crippen LogP contribution >= 0.6 is 0 Å². The minimum absolute atomic E-state index is 0.0254. The Morgan fingerprint density at radius 3 is 2.55 bits per heavy atom. The first-order valence-electron chi connectivity index (χ1n) is 3.58. The quantitative estimate of drug-likeness (QED) is 0.387. The van der Waals surface area contributed by atoms with Gasteiger partial charge in [-0.15, -0.1) is 0 Å². The third kappa shape index (κ3) is 7.15. The first kappa shape index (κ1) is 10.3. The van der Waals surface area contributed by atoms with Crippen molar-refractivity contribution < 1.29 is 9.59 Å². The SMILES string of the molecule is CC(=O)CC(=O)CNCCN. The zero-order chi connectivity index (χ0) is 8.69. The first-order chi connectivity index (χ1) is 5.16. The predicted octanol–water partition coefficient (Wildman–Crippen LogP) is -0.917. The lowest BCUT2D eigenvalue weighted by molar-refractivity contribution is -0.125. The van der Waals surface area contributed by atoms with E-state index in [0.717, 1.165) is 0 Å². The zero-order valence-corrected chi connectivity index (χ0v) is 6.72. The molecule has 0 aliphatic rings. The van der Waals surface area contributed by atoms with Crippen molar-refractivity contribution in [1.29, 1.82) is 0 Å². The summed E-state index contributed by atoms with van der Waals surface area (Å²) in [5.74, 6) is -0.171. The number of Topliss-reactive ketones (excluding diaryl/α,β-unsaturated/α-hetero) is 2. The van der Waals surface area contributed by atoms with Gasteiger partial charge in [-0.1, -0.05) is 0 Å². The number of ketones is 2. The summed E-state index contributed by atoms with van der Waals surface area (Å²) >= 11 is 0. The first-order valence-corrected chi connectivity index (χ1v) is 3.58. The molecule has 3 N–H and O–H groups in total. The van der Waals surface area contributed by atoms with Crippen molar-refractivity contribution in [2.45, 2.75) is 13.3 Å². The molecule has 64 valence electrons. The molecule has 0 aromatic carbocycles. The molecule has 0 saturated carbocycles. The Bertz CT molecular complexity index is 145. The van der Waals surface area contributed by atoms with E-state index in [0.29, 0.717) is 13.1 Å². The number of carbonyl (C=O) groups is 2. The highest BCUT2D eigenvalue weighted by Gasteiger charge is 2.03. The molecule has 11 heavy (non-hydrogen) atoms. The molecule has 4 nitrogen and oxygen atoms in total. The summed E-state index contributed by atoms with van der Waals surface area (Å²) in [6.45, 7) is 2.77. The lowest BCUT2D eigenvalue weighted by atomic mass is 10.2. The summed E-state index contributed by atoms with van der Waals surface area (Å²) < 4.78 is 0. The van der Waals surface area contributed by atoms with Crippen LogP contribution in [0.1, 0.15) is 13.3 Å². The van der Waals surface area contributed by atoms with Crippen LogP contribution in [0.15, 0.2) is 0 Å². The van der Waals surface area contributed by atoms with Gasteiger partial charge in [-0.25, -0.2) is 0 Å². The van der Waals surface area contributed by atoms with Crippen LogP contribution in [0.4, 0.5) is 0 Å². The van der Waals surface area contributed by atoms with Gasteiger partial charge in [-0.05, 0) is 6.92 Å². The second-order valence-electron chi connectivity index (χ2n) is 2.38. The van der Waals surface area contributed by atoms with Gasteiger partial charge in [0.15, 0.2) is 5.78 Å². The summed E-state index contributed by atoms with van der Waals surface area (Å²) in [6, 6.07) is 0. The van der Waals surface area contributed by atoms with E-state index in [4.69, 9.17) is 5.73 Å². The molecule has 0 unspecified atom stereocenters. The maximum atomic E-state index is 10.8. The highest BCUT2D eigenvalue weighted by Crippen LogP contribution is 1.82. The van der Waals surface area contributed by atoms with Crippen LogP contribution in [-0.4, -0.2) is 31.2 Å². The van der Waals surface area contributed by atoms with Crippen molar-refractivity contribution in [3.63, 3.8) is 0 Å². The third-order valence-corrected chi connectivity index (χ3v) is 1.09. The minimum Gasteiger partial charge on any atom is -0.329 e. The van der Waals surface area contributed by atoms with Crippen LogP contribution in [-0.2, 0) is 9.59 Å². The van der Waals surface area contributed by atoms with Gasteiger partial charge in [0.25, 0.3) is 0 Å². The standard InChI is InChI=1S/C7H14N2O2/c1-6(10)4-7(11)5-9-3-2-8/h9H,2-5,8H2,1H3. The molecule has 0 rings (SSSR count). The van der Waals surface area contributed by atoms with Crippen molar-refractivity contribution in [2.75, 3.05) is 19.6 Å². The van der Waals surface area contributed by atoms with Gasteiger partial charge in [-0.3, -0.25) is 9.59 Å². The topological polar surface area (TPSA) is 72.2 Å². The van der Waals surface area contributed by atoms with Crippen molar-refractivity contribution >= 4 is 11.6 Å². The molecule has 0 radical (unpaired) electrons. The Hall–Kier alpha value is -0.740. The monoisotopic (exact) mass is 158 g/mol. The molecule has 0 aromatic heterocycles. The van der Waals surface area contributed by atoms with Crippen LogP contribution in [0.3, 0.4) is 0 Å². The smallest absolute Gasteiger partial charge is 0.153 e. The maximum absolute atomic E-state index is 10.8. The van der Waals surface area contributed by atoms with E-state index in [1.807, 2.05) is 0 Å². The molecule has 0 atom stereocenters. The fraction of sp³-hybridized carbons (Fsp3) is 0.714. The molecular weight excluding hydrogens is 144 g/mol. The average Bonchev–Trinajstić information content (AvgIpc) is 1.86. The Morgan fingerprint density at radius 2 is 2.09 bits per heavy atom. The molecule has 0 aromatic rings. The Balaban J connectivity index is 3.30. The van der Waals surface area contributed by atoms with Crippen LogP contribution in [0.5, 0.6) is 0 Å². The summed E-state index contributed by atoms with van der Waals surface area (Å²) in [4.78, 5) is 21.2. The average molecular weight is 158 g/mol. The molecule has 0 amide bonds. The maximum Gasteiger partial charge on any atom is 0.153 e. The van der Waals surface area contributed by atoms with Crippen LogP contribution in [0.25, 0.3) is 0 Å². The normalized spacial score (nSPS) is 9.64. The van der Waals surface area contributed by atoms with Gasteiger partial charge in [0.2, 0.25) is 0 Å². The van der Waals surface area contributed by atoms with Crippen LogP contribution in [0, 0.1) is 0 Å². The minimum atomic E-state index is -0.0930. The number of hydrogen-bond donors (Lipinski definition) is 2. The number of nitrogens with one attached hydrogen (secondary N) is 1. The molecular formula is C7H14N2O2. The van der Waals surface area contributed by atoms with Gasteiger partial charge in [0.1, 0.15) is 5.78 Å². The van der Waals surface area contributed by atoms with Crippen LogP contribution in [0.2, 0.25) is 0 Å². The molecule has 4 heteroatoms. The fourth-order valence-corrected chi connectivity index (χ4v) is 0.670. The van der Waals surface area contributed by atoms with Gasteiger partial charge in [0.05, 0.1) is 13.0 Å². The molecule has 0 heterocycles. The highest BCUT2D eigenvalue weighted by molar-refractivity contribution is 5.98. The van der Waals surface area contributed by atoms with E-state index >= 15 is 0 Å². The lowest BCUT2D eigenvalue weighted by Gasteiger charge is -1.99. The molecule has 0 bridgehead atoms. The molecule has 0 aliphatic heterocycles. The summed E-state index contributed by atoms with van der Waals surface area (Å²) in [5, 5.41) is 2.81. The largest absolute Gasteiger partial charge is 0.329 e. The van der Waals surface area contributed by atoms with Crippen molar-refractivity contribution in [2.24, 2.45) is 5.73 Å². The number of nitrogens with two attached hydrogens (primary N) is 1. The van der Waals surface area contributed by atoms with Gasteiger partial charge < -0.3 is 11.1 Å². The molecule has 0 aliphatic carbocycles. The number of carbonyl (C=O) groups excluding carboxylic acids is 2. The number of rotatable bonds is 6. The molecule has 0 fully saturated rings. The Kier molecular flexibility index (Phi) is 5.60. The van der Waals surface area contributed by atoms with E-state index in [9.17, 15) is 9.59 Å². The second-order valence-corrected chi connectivity index (χ2v) is 2.38. The second kappa shape index (κ2) is 6.00. The summed E-state index contributed by atoms with van der Waals surface area (Å²) in [5.41, 5.74) is 5.18. The van der Waals surface area contributed by atoms with Crippen molar-refractivity contribution in [3.05, 3.63) is 0 Å². The van der Waals surface area contributed by atoms with E-state index in [1.165, 1.54) is 6.92 Å². The summed E-state index contributed by atoms with van der Waals surface area (Å²) in [6.07, 6.45) is 0.0254. The fourth-order valence-electron chi connectivity index (χ4n) is 0.670. The Labute approximate surface area is 66.1 Å². The van der Waals surface area contributed by atoms with Gasteiger partial charge >= 0.3 is 0 Å². The van der Waals surface area contributed by atoms with Crippen molar-refractivity contribution in [1.82, 2.24) is 5.32 Å². The van der Waals surface area contributed by atoms with Crippen LogP contribution < -0.4 is 11.1 Å². The third-order valence-electron chi connectivity index (χ3n) is 1.09.